The van der Waals surface area contributed by atoms with E-state index in [1.807, 2.05) is 46.7 Å². The molecule has 2 aromatic carbocycles. The molecule has 0 atom stereocenters. The van der Waals surface area contributed by atoms with Crippen molar-refractivity contribution in [1.29, 1.82) is 0 Å². The van der Waals surface area contributed by atoms with Crippen LogP contribution in [0, 0.1) is 0 Å². The van der Waals surface area contributed by atoms with Gasteiger partial charge in [0.2, 0.25) is 0 Å². The number of carbonyl (C=O) groups excluding carboxylic acids is 2. The van der Waals surface area contributed by atoms with E-state index in [4.69, 9.17) is 0 Å². The van der Waals surface area contributed by atoms with E-state index in [-0.39, 0.29) is 11.8 Å². The molecular weight excluding hydrogens is 356 g/mol. The van der Waals surface area contributed by atoms with Gasteiger partial charge in [-0.05, 0) is 41.6 Å². The van der Waals surface area contributed by atoms with E-state index in [1.165, 1.54) is 11.3 Å². The van der Waals surface area contributed by atoms with Gasteiger partial charge in [-0.1, -0.05) is 49.4 Å². The Morgan fingerprint density at radius 2 is 1.81 bits per heavy atom. The third-order valence-electron chi connectivity index (χ3n) is 4.11. The van der Waals surface area contributed by atoms with Crippen LogP contribution in [0.25, 0.3) is 0 Å². The van der Waals surface area contributed by atoms with Gasteiger partial charge in [-0.25, -0.2) is 0 Å². The number of hydrogen-bond acceptors (Lipinski definition) is 3. The van der Waals surface area contributed by atoms with Crippen molar-refractivity contribution in [3.05, 3.63) is 88.1 Å². The fourth-order valence-electron chi connectivity index (χ4n) is 2.84. The third kappa shape index (κ3) is 5.05. The molecular formula is C22H22N2O2S. The number of rotatable bonds is 7. The van der Waals surface area contributed by atoms with Crippen molar-refractivity contribution in [2.24, 2.45) is 0 Å². The summed E-state index contributed by atoms with van der Waals surface area (Å²) in [5.41, 5.74) is 2.29. The molecule has 0 aliphatic heterocycles. The maximum Gasteiger partial charge on any atom is 0.265 e. The summed E-state index contributed by atoms with van der Waals surface area (Å²) < 4.78 is 0. The van der Waals surface area contributed by atoms with E-state index in [0.29, 0.717) is 29.2 Å². The standard InChI is InChI=1S/C22H22N2O2S/c1-2-13-24(16-17-8-4-3-5-9-17)22(26)18-10-6-11-19(15-18)23-21(25)20-12-7-14-27-20/h3-12,14-15H,2,13,16H2,1H3,(H,23,25). The largest absolute Gasteiger partial charge is 0.334 e. The first-order valence-electron chi connectivity index (χ1n) is 8.95. The number of amides is 2. The summed E-state index contributed by atoms with van der Waals surface area (Å²) in [6.07, 6.45) is 0.882. The van der Waals surface area contributed by atoms with Gasteiger partial charge in [-0.3, -0.25) is 9.59 Å². The third-order valence-corrected chi connectivity index (χ3v) is 4.98. The number of hydrogen-bond donors (Lipinski definition) is 1. The van der Waals surface area contributed by atoms with Crippen LogP contribution in [0.2, 0.25) is 0 Å². The van der Waals surface area contributed by atoms with Gasteiger partial charge >= 0.3 is 0 Å². The summed E-state index contributed by atoms with van der Waals surface area (Å²) in [7, 11) is 0. The average molecular weight is 378 g/mol. The zero-order valence-corrected chi connectivity index (χ0v) is 16.0. The molecule has 0 fully saturated rings. The smallest absolute Gasteiger partial charge is 0.265 e. The molecule has 1 aromatic heterocycles. The average Bonchev–Trinajstić information content (AvgIpc) is 3.23. The van der Waals surface area contributed by atoms with Crippen molar-refractivity contribution in [1.82, 2.24) is 4.90 Å². The summed E-state index contributed by atoms with van der Waals surface area (Å²) in [6, 6.07) is 20.7. The summed E-state index contributed by atoms with van der Waals surface area (Å²) in [4.78, 5) is 27.7. The number of nitrogens with one attached hydrogen (secondary N) is 1. The number of benzene rings is 2. The van der Waals surface area contributed by atoms with Gasteiger partial charge in [-0.15, -0.1) is 11.3 Å². The molecule has 0 bridgehead atoms. The Hall–Kier alpha value is -2.92. The minimum atomic E-state index is -0.163. The van der Waals surface area contributed by atoms with Crippen molar-refractivity contribution in [2.45, 2.75) is 19.9 Å². The molecule has 0 saturated carbocycles. The number of nitrogens with zero attached hydrogens (tertiary/aromatic N) is 1. The van der Waals surface area contributed by atoms with Gasteiger partial charge in [0.25, 0.3) is 11.8 Å². The molecule has 0 saturated heterocycles. The second-order valence-electron chi connectivity index (χ2n) is 6.22. The first-order chi connectivity index (χ1) is 13.2. The Labute approximate surface area is 163 Å². The van der Waals surface area contributed by atoms with Crippen LogP contribution < -0.4 is 5.32 Å². The molecule has 1 heterocycles. The van der Waals surface area contributed by atoms with Crippen LogP contribution in [0.3, 0.4) is 0 Å². The van der Waals surface area contributed by atoms with E-state index in [2.05, 4.69) is 12.2 Å². The van der Waals surface area contributed by atoms with Gasteiger partial charge in [0.05, 0.1) is 4.88 Å². The Balaban J connectivity index is 1.75. The lowest BCUT2D eigenvalue weighted by Crippen LogP contribution is -2.31. The molecule has 5 heteroatoms. The van der Waals surface area contributed by atoms with Crippen LogP contribution in [-0.4, -0.2) is 23.3 Å². The molecule has 27 heavy (non-hydrogen) atoms. The van der Waals surface area contributed by atoms with Gasteiger partial charge in [-0.2, -0.15) is 0 Å². The van der Waals surface area contributed by atoms with Crippen LogP contribution in [-0.2, 0) is 6.54 Å². The molecule has 4 nitrogen and oxygen atoms in total. The second-order valence-corrected chi connectivity index (χ2v) is 7.17. The molecule has 0 aliphatic rings. The molecule has 3 rings (SSSR count). The predicted octanol–water partition coefficient (Wildman–Crippen LogP) is 5.05. The fraction of sp³-hybridized carbons (Fsp3) is 0.182. The molecule has 138 valence electrons. The van der Waals surface area contributed by atoms with Gasteiger partial charge < -0.3 is 10.2 Å². The zero-order chi connectivity index (χ0) is 19.1. The van der Waals surface area contributed by atoms with Crippen LogP contribution in [0.4, 0.5) is 5.69 Å². The van der Waals surface area contributed by atoms with Crippen LogP contribution >= 0.6 is 11.3 Å². The van der Waals surface area contributed by atoms with Crippen molar-refractivity contribution in [3.63, 3.8) is 0 Å². The Bertz CT molecular complexity index is 892. The van der Waals surface area contributed by atoms with E-state index in [9.17, 15) is 9.59 Å². The molecule has 0 radical (unpaired) electrons. The highest BCUT2D eigenvalue weighted by Crippen LogP contribution is 2.17. The van der Waals surface area contributed by atoms with Crippen molar-refractivity contribution in [3.8, 4) is 0 Å². The monoisotopic (exact) mass is 378 g/mol. The maximum atomic E-state index is 13.0. The Kier molecular flexibility index (Phi) is 6.39. The summed E-state index contributed by atoms with van der Waals surface area (Å²) in [5, 5.41) is 4.72. The van der Waals surface area contributed by atoms with E-state index in [1.54, 1.807) is 30.3 Å². The molecule has 2 amide bonds. The quantitative estimate of drug-likeness (QED) is 0.625. The van der Waals surface area contributed by atoms with Crippen LogP contribution in [0.15, 0.2) is 72.1 Å². The van der Waals surface area contributed by atoms with Crippen molar-refractivity contribution >= 4 is 28.8 Å². The molecule has 1 N–H and O–H groups in total. The molecule has 0 spiro atoms. The summed E-state index contributed by atoms with van der Waals surface area (Å²) >= 11 is 1.39. The fourth-order valence-corrected chi connectivity index (χ4v) is 3.46. The van der Waals surface area contributed by atoms with Crippen molar-refractivity contribution < 1.29 is 9.59 Å². The highest BCUT2D eigenvalue weighted by atomic mass is 32.1. The SMILES string of the molecule is CCCN(Cc1ccccc1)C(=O)c1cccc(NC(=O)c2cccs2)c1. The van der Waals surface area contributed by atoms with Gasteiger partial charge in [0.1, 0.15) is 0 Å². The number of carbonyl (C=O) groups is 2. The molecule has 0 aliphatic carbocycles. The topological polar surface area (TPSA) is 49.4 Å². The normalized spacial score (nSPS) is 10.4. The lowest BCUT2D eigenvalue weighted by molar-refractivity contribution is 0.0743. The van der Waals surface area contributed by atoms with Crippen LogP contribution in [0.5, 0.6) is 0 Å². The Morgan fingerprint density at radius 1 is 1.00 bits per heavy atom. The minimum Gasteiger partial charge on any atom is -0.334 e. The number of anilines is 1. The summed E-state index contributed by atoms with van der Waals surface area (Å²) in [6.45, 7) is 3.31. The zero-order valence-electron chi connectivity index (χ0n) is 15.2. The van der Waals surface area contributed by atoms with E-state index in [0.717, 1.165) is 12.0 Å². The van der Waals surface area contributed by atoms with Gasteiger partial charge in [0.15, 0.2) is 0 Å². The molecule has 3 aromatic rings. The maximum absolute atomic E-state index is 13.0. The first kappa shape index (κ1) is 18.9. The minimum absolute atomic E-state index is 0.0343. The van der Waals surface area contributed by atoms with E-state index < -0.39 is 0 Å². The predicted molar refractivity (Wildman–Crippen MR) is 110 cm³/mol. The van der Waals surface area contributed by atoms with E-state index >= 15 is 0 Å². The highest BCUT2D eigenvalue weighted by molar-refractivity contribution is 7.12. The second kappa shape index (κ2) is 9.14. The number of thiophene rings is 1. The van der Waals surface area contributed by atoms with Crippen molar-refractivity contribution in [2.75, 3.05) is 11.9 Å². The van der Waals surface area contributed by atoms with Gasteiger partial charge in [0, 0.05) is 24.3 Å². The Morgan fingerprint density at radius 3 is 2.52 bits per heavy atom. The highest BCUT2D eigenvalue weighted by Gasteiger charge is 2.16. The lowest BCUT2D eigenvalue weighted by Gasteiger charge is -2.22. The van der Waals surface area contributed by atoms with Crippen LogP contribution in [0.1, 0.15) is 38.9 Å². The molecule has 0 unspecified atom stereocenters. The first-order valence-corrected chi connectivity index (χ1v) is 9.83. The summed E-state index contributed by atoms with van der Waals surface area (Å²) in [5.74, 6) is -0.197. The lowest BCUT2D eigenvalue weighted by atomic mass is 10.1.